The first-order valence-corrected chi connectivity index (χ1v) is 6.36. The quantitative estimate of drug-likeness (QED) is 0.829. The van der Waals surface area contributed by atoms with Crippen LogP contribution in [0.4, 0.5) is 4.39 Å². The number of nitrogens with zero attached hydrogens (tertiary/aromatic N) is 1. The van der Waals surface area contributed by atoms with Crippen LogP contribution in [0.25, 0.3) is 0 Å². The fourth-order valence-electron chi connectivity index (χ4n) is 1.68. The highest BCUT2D eigenvalue weighted by Gasteiger charge is 2.16. The molecule has 1 aromatic carbocycles. The Morgan fingerprint density at radius 3 is 2.65 bits per heavy atom. The lowest BCUT2D eigenvalue weighted by Gasteiger charge is -2.20. The average molecular weight is 282 g/mol. The first-order chi connectivity index (χ1) is 9.36. The molecule has 6 heteroatoms. The predicted octanol–water partition coefficient (Wildman–Crippen LogP) is 1.48. The fraction of sp³-hybridized carbons (Fsp3) is 0.429. The van der Waals surface area contributed by atoms with E-state index in [4.69, 9.17) is 5.11 Å². The number of carboxylic acids is 1. The van der Waals surface area contributed by atoms with Crippen LogP contribution in [-0.4, -0.2) is 41.5 Å². The Kier molecular flexibility index (Phi) is 5.64. The van der Waals surface area contributed by atoms with Gasteiger partial charge in [-0.1, -0.05) is 0 Å². The minimum atomic E-state index is -1.11. The second-order valence-electron chi connectivity index (χ2n) is 4.57. The van der Waals surface area contributed by atoms with Gasteiger partial charge in [-0.15, -0.1) is 0 Å². The van der Waals surface area contributed by atoms with Gasteiger partial charge in [-0.25, -0.2) is 9.18 Å². The van der Waals surface area contributed by atoms with Gasteiger partial charge in [0.2, 0.25) is 5.91 Å². The second-order valence-corrected chi connectivity index (χ2v) is 4.57. The summed E-state index contributed by atoms with van der Waals surface area (Å²) in [4.78, 5) is 24.2. The predicted molar refractivity (Wildman–Crippen MR) is 73.0 cm³/mol. The zero-order valence-electron chi connectivity index (χ0n) is 11.8. The smallest absolute Gasteiger partial charge is 0.335 e. The Morgan fingerprint density at radius 1 is 1.45 bits per heavy atom. The molecule has 0 saturated carbocycles. The van der Waals surface area contributed by atoms with Crippen LogP contribution in [-0.2, 0) is 11.3 Å². The van der Waals surface area contributed by atoms with Crippen molar-refractivity contribution in [1.82, 2.24) is 10.2 Å². The first-order valence-electron chi connectivity index (χ1n) is 6.36. The van der Waals surface area contributed by atoms with Gasteiger partial charge in [0.25, 0.3) is 0 Å². The van der Waals surface area contributed by atoms with E-state index in [1.165, 1.54) is 12.1 Å². The highest BCUT2D eigenvalue weighted by Crippen LogP contribution is 2.11. The number of likely N-dealkylation sites (N-methyl/N-ethyl adjacent to an activating group) is 1. The summed E-state index contributed by atoms with van der Waals surface area (Å²) in [6.45, 7) is 4.24. The number of aromatic carboxylic acids is 1. The Morgan fingerprint density at radius 2 is 2.10 bits per heavy atom. The van der Waals surface area contributed by atoms with Crippen molar-refractivity contribution in [2.45, 2.75) is 26.4 Å². The minimum absolute atomic E-state index is 0.0212. The molecule has 1 atom stereocenters. The molecule has 0 spiro atoms. The maximum Gasteiger partial charge on any atom is 0.335 e. The summed E-state index contributed by atoms with van der Waals surface area (Å²) < 4.78 is 13.6. The van der Waals surface area contributed by atoms with E-state index in [1.54, 1.807) is 18.9 Å². The molecule has 110 valence electrons. The number of carboxylic acid groups (broad SMARTS) is 1. The maximum atomic E-state index is 13.6. The Bertz CT molecular complexity index is 505. The molecular formula is C14H19FN2O3. The maximum absolute atomic E-state index is 13.6. The molecule has 0 fully saturated rings. The molecule has 0 heterocycles. The van der Waals surface area contributed by atoms with Crippen molar-refractivity contribution in [3.05, 3.63) is 35.1 Å². The molecule has 0 aliphatic carbocycles. The first kappa shape index (κ1) is 16.1. The summed E-state index contributed by atoms with van der Waals surface area (Å²) in [5.74, 6) is -1.70. The van der Waals surface area contributed by atoms with Crippen molar-refractivity contribution < 1.29 is 19.1 Å². The molecule has 0 aliphatic heterocycles. The van der Waals surface area contributed by atoms with Gasteiger partial charge in [0.05, 0.1) is 11.6 Å². The van der Waals surface area contributed by atoms with Crippen molar-refractivity contribution in [3.63, 3.8) is 0 Å². The van der Waals surface area contributed by atoms with Crippen molar-refractivity contribution in [2.75, 3.05) is 13.6 Å². The monoisotopic (exact) mass is 282 g/mol. The molecule has 20 heavy (non-hydrogen) atoms. The molecule has 2 N–H and O–H groups in total. The zero-order chi connectivity index (χ0) is 15.3. The average Bonchev–Trinajstić information content (AvgIpc) is 2.43. The van der Waals surface area contributed by atoms with Crippen molar-refractivity contribution in [2.24, 2.45) is 0 Å². The number of rotatable bonds is 6. The molecule has 1 rings (SSSR count). The van der Waals surface area contributed by atoms with E-state index in [2.05, 4.69) is 5.32 Å². The number of hydrogen-bond donors (Lipinski definition) is 2. The third-order valence-corrected chi connectivity index (χ3v) is 3.11. The van der Waals surface area contributed by atoms with Crippen LogP contribution < -0.4 is 5.32 Å². The zero-order valence-corrected chi connectivity index (χ0v) is 11.8. The van der Waals surface area contributed by atoms with Gasteiger partial charge in [0.15, 0.2) is 0 Å². The van der Waals surface area contributed by atoms with Gasteiger partial charge in [0.1, 0.15) is 5.82 Å². The second kappa shape index (κ2) is 7.00. The lowest BCUT2D eigenvalue weighted by Crippen LogP contribution is -2.42. The van der Waals surface area contributed by atoms with Gasteiger partial charge in [-0.05, 0) is 32.0 Å². The number of carbonyl (C=O) groups excluding carboxylic acids is 1. The van der Waals surface area contributed by atoms with Crippen LogP contribution in [0.1, 0.15) is 29.8 Å². The molecule has 5 nitrogen and oxygen atoms in total. The molecule has 0 radical (unpaired) electrons. The van der Waals surface area contributed by atoms with Crippen molar-refractivity contribution in [1.29, 1.82) is 0 Å². The van der Waals surface area contributed by atoms with Gasteiger partial charge < -0.3 is 15.3 Å². The highest BCUT2D eigenvalue weighted by molar-refractivity contribution is 5.87. The molecule has 0 bridgehead atoms. The number of nitrogens with one attached hydrogen (secondary N) is 1. The lowest BCUT2D eigenvalue weighted by atomic mass is 10.1. The van der Waals surface area contributed by atoms with Crippen LogP contribution in [0.5, 0.6) is 0 Å². The van der Waals surface area contributed by atoms with Crippen molar-refractivity contribution in [3.8, 4) is 0 Å². The summed E-state index contributed by atoms with van der Waals surface area (Å²) in [6.07, 6.45) is 0. The third kappa shape index (κ3) is 4.03. The topological polar surface area (TPSA) is 69.6 Å². The van der Waals surface area contributed by atoms with E-state index in [9.17, 15) is 14.0 Å². The Hall–Kier alpha value is -1.95. The van der Waals surface area contributed by atoms with Crippen molar-refractivity contribution >= 4 is 11.9 Å². The number of halogens is 1. The van der Waals surface area contributed by atoms with Gasteiger partial charge in [0, 0.05) is 25.7 Å². The van der Waals surface area contributed by atoms with Crippen LogP contribution in [0.15, 0.2) is 18.2 Å². The van der Waals surface area contributed by atoms with E-state index < -0.39 is 17.8 Å². The van der Waals surface area contributed by atoms with Gasteiger partial charge in [-0.3, -0.25) is 4.79 Å². The third-order valence-electron chi connectivity index (χ3n) is 3.11. The number of amides is 1. The van der Waals surface area contributed by atoms with E-state index >= 15 is 0 Å². The van der Waals surface area contributed by atoms with Gasteiger partial charge >= 0.3 is 5.97 Å². The largest absolute Gasteiger partial charge is 0.478 e. The summed E-state index contributed by atoms with van der Waals surface area (Å²) in [7, 11) is 1.69. The van der Waals surface area contributed by atoms with Crippen LogP contribution in [0.3, 0.4) is 0 Å². The van der Waals surface area contributed by atoms with E-state index in [0.29, 0.717) is 6.54 Å². The number of benzene rings is 1. The van der Waals surface area contributed by atoms with Crippen LogP contribution >= 0.6 is 0 Å². The number of hydrogen-bond acceptors (Lipinski definition) is 3. The molecule has 1 unspecified atom stereocenters. The molecule has 1 aromatic rings. The molecule has 0 saturated heterocycles. The summed E-state index contributed by atoms with van der Waals surface area (Å²) in [6, 6.07) is 3.13. The van der Waals surface area contributed by atoms with Crippen LogP contribution in [0.2, 0.25) is 0 Å². The fourth-order valence-corrected chi connectivity index (χ4v) is 1.68. The summed E-state index contributed by atoms with van der Waals surface area (Å²) in [5, 5.41) is 11.8. The summed E-state index contributed by atoms with van der Waals surface area (Å²) in [5.41, 5.74) is 0.247. The molecule has 0 aromatic heterocycles. The molecular weight excluding hydrogens is 263 g/mol. The van der Waals surface area contributed by atoms with Gasteiger partial charge in [-0.2, -0.15) is 0 Å². The summed E-state index contributed by atoms with van der Waals surface area (Å²) >= 11 is 0. The Labute approximate surface area is 117 Å². The minimum Gasteiger partial charge on any atom is -0.478 e. The van der Waals surface area contributed by atoms with E-state index in [-0.39, 0.29) is 23.6 Å². The number of carbonyl (C=O) groups is 2. The van der Waals surface area contributed by atoms with E-state index in [1.807, 2.05) is 6.92 Å². The van der Waals surface area contributed by atoms with E-state index in [0.717, 1.165) is 6.07 Å². The standard InChI is InChI=1S/C14H19FN2O3/c1-4-17(3)13(18)9(2)16-8-11-7-10(14(19)20)5-6-12(11)15/h5-7,9,16H,4,8H2,1-3H3,(H,19,20). The lowest BCUT2D eigenvalue weighted by molar-refractivity contribution is -0.131. The normalized spacial score (nSPS) is 12.0. The SMILES string of the molecule is CCN(C)C(=O)C(C)NCc1cc(C(=O)O)ccc1F. The molecule has 1 amide bonds. The highest BCUT2D eigenvalue weighted by atomic mass is 19.1. The Balaban J connectivity index is 2.72. The molecule has 0 aliphatic rings. The van der Waals surface area contributed by atoms with Crippen LogP contribution in [0, 0.1) is 5.82 Å².